The Morgan fingerprint density at radius 1 is 0.933 bits per heavy atom. The molecule has 0 radical (unpaired) electrons. The standard InChI is InChI=1S/C23H18FN3O3/c1-14-4-2-3-5-18(14)27-20(15-10-12-25-13-11-15)19-21(30-27)23(29)26(22(19)28)17-8-6-16(24)7-9-17/h2-13,19-21H,1H3/t19-,20-,21-/m1/s1. The first-order valence-corrected chi connectivity index (χ1v) is 9.61. The molecule has 2 amide bonds. The average Bonchev–Trinajstić information content (AvgIpc) is 3.26. The van der Waals surface area contributed by atoms with Crippen LogP contribution in [0.15, 0.2) is 73.1 Å². The van der Waals surface area contributed by atoms with Crippen LogP contribution >= 0.6 is 0 Å². The van der Waals surface area contributed by atoms with E-state index in [1.165, 1.54) is 24.3 Å². The van der Waals surface area contributed by atoms with E-state index < -0.39 is 29.8 Å². The number of halogens is 1. The highest BCUT2D eigenvalue weighted by Gasteiger charge is 2.60. The van der Waals surface area contributed by atoms with Crippen molar-refractivity contribution in [2.75, 3.05) is 9.96 Å². The Hall–Kier alpha value is -3.58. The molecule has 0 bridgehead atoms. The van der Waals surface area contributed by atoms with Gasteiger partial charge < -0.3 is 0 Å². The first-order valence-electron chi connectivity index (χ1n) is 9.61. The Labute approximate surface area is 172 Å². The van der Waals surface area contributed by atoms with Crippen molar-refractivity contribution in [1.82, 2.24) is 4.98 Å². The molecule has 2 aliphatic heterocycles. The lowest BCUT2D eigenvalue weighted by Crippen LogP contribution is -2.37. The first-order chi connectivity index (χ1) is 14.6. The van der Waals surface area contributed by atoms with E-state index >= 15 is 0 Å². The number of carbonyl (C=O) groups is 2. The van der Waals surface area contributed by atoms with Crippen molar-refractivity contribution in [1.29, 1.82) is 0 Å². The van der Waals surface area contributed by atoms with Gasteiger partial charge in [-0.2, -0.15) is 0 Å². The molecule has 150 valence electrons. The number of aryl methyl sites for hydroxylation is 1. The number of amides is 2. The van der Waals surface area contributed by atoms with Gasteiger partial charge in [0.1, 0.15) is 11.7 Å². The van der Waals surface area contributed by atoms with Gasteiger partial charge in [0, 0.05) is 12.4 Å². The van der Waals surface area contributed by atoms with Gasteiger partial charge >= 0.3 is 0 Å². The van der Waals surface area contributed by atoms with Crippen LogP contribution in [0.1, 0.15) is 17.2 Å². The summed E-state index contributed by atoms with van der Waals surface area (Å²) in [4.78, 5) is 37.9. The summed E-state index contributed by atoms with van der Waals surface area (Å²) in [6.07, 6.45) is 2.34. The SMILES string of the molecule is Cc1ccccc1N1O[C@H]2C(=O)N(c3ccc(F)cc3)C(=O)[C@@H]2[C@H]1c1ccncc1. The minimum absolute atomic E-state index is 0.334. The topological polar surface area (TPSA) is 62.7 Å². The van der Waals surface area contributed by atoms with Gasteiger partial charge in [-0.05, 0) is 60.5 Å². The highest BCUT2D eigenvalue weighted by Crippen LogP contribution is 2.48. The highest BCUT2D eigenvalue weighted by molar-refractivity contribution is 6.23. The average molecular weight is 403 g/mol. The lowest BCUT2D eigenvalue weighted by molar-refractivity contribution is -0.126. The normalized spacial score (nSPS) is 23.2. The fraction of sp³-hybridized carbons (Fsp3) is 0.174. The van der Waals surface area contributed by atoms with Crippen LogP contribution in [0.25, 0.3) is 0 Å². The number of benzene rings is 2. The van der Waals surface area contributed by atoms with Crippen LogP contribution in [0.4, 0.5) is 15.8 Å². The molecule has 2 aromatic carbocycles. The number of pyridine rings is 1. The number of carbonyl (C=O) groups excluding carboxylic acids is 2. The summed E-state index contributed by atoms with van der Waals surface area (Å²) in [7, 11) is 0. The zero-order chi connectivity index (χ0) is 20.8. The van der Waals surface area contributed by atoms with Gasteiger partial charge in [-0.1, -0.05) is 18.2 Å². The molecule has 0 spiro atoms. The van der Waals surface area contributed by atoms with Crippen molar-refractivity contribution in [2.45, 2.75) is 19.1 Å². The second-order valence-corrected chi connectivity index (χ2v) is 7.38. The number of fused-ring (bicyclic) bond motifs is 1. The van der Waals surface area contributed by atoms with E-state index in [9.17, 15) is 14.0 Å². The van der Waals surface area contributed by atoms with Crippen LogP contribution in [0.5, 0.6) is 0 Å². The molecule has 3 heterocycles. The molecule has 2 aliphatic rings. The number of rotatable bonds is 3. The zero-order valence-electron chi connectivity index (χ0n) is 16.1. The third kappa shape index (κ3) is 2.78. The minimum atomic E-state index is -0.958. The third-order valence-electron chi connectivity index (χ3n) is 5.60. The number of imide groups is 1. The van der Waals surface area contributed by atoms with Crippen molar-refractivity contribution < 1.29 is 18.8 Å². The molecule has 0 aliphatic carbocycles. The van der Waals surface area contributed by atoms with Crippen LogP contribution in [-0.2, 0) is 14.4 Å². The van der Waals surface area contributed by atoms with Crippen molar-refractivity contribution in [3.05, 3.63) is 90.0 Å². The zero-order valence-corrected chi connectivity index (χ0v) is 16.1. The van der Waals surface area contributed by atoms with E-state index in [1.807, 2.05) is 43.3 Å². The molecule has 7 heteroatoms. The maximum Gasteiger partial charge on any atom is 0.266 e. The summed E-state index contributed by atoms with van der Waals surface area (Å²) in [6, 6.07) is 16.1. The number of nitrogens with zero attached hydrogens (tertiary/aromatic N) is 3. The maximum absolute atomic E-state index is 13.4. The van der Waals surface area contributed by atoms with Gasteiger partial charge in [-0.3, -0.25) is 19.4 Å². The Morgan fingerprint density at radius 3 is 2.33 bits per heavy atom. The molecule has 5 rings (SSSR count). The summed E-state index contributed by atoms with van der Waals surface area (Å²) in [5.74, 6) is -1.99. The monoisotopic (exact) mass is 403 g/mol. The van der Waals surface area contributed by atoms with E-state index in [1.54, 1.807) is 17.5 Å². The van der Waals surface area contributed by atoms with E-state index in [0.29, 0.717) is 5.69 Å². The molecule has 3 atom stereocenters. The molecule has 0 saturated carbocycles. The van der Waals surface area contributed by atoms with Crippen molar-refractivity contribution in [3.8, 4) is 0 Å². The maximum atomic E-state index is 13.4. The lowest BCUT2D eigenvalue weighted by atomic mass is 9.91. The molecule has 1 aromatic heterocycles. The molecule has 6 nitrogen and oxygen atoms in total. The number of anilines is 2. The minimum Gasteiger partial charge on any atom is -0.273 e. The fourth-order valence-electron chi connectivity index (χ4n) is 4.18. The molecule has 0 unspecified atom stereocenters. The Balaban J connectivity index is 1.59. The van der Waals surface area contributed by atoms with Gasteiger partial charge in [-0.15, -0.1) is 0 Å². The van der Waals surface area contributed by atoms with E-state index in [2.05, 4.69) is 4.98 Å². The van der Waals surface area contributed by atoms with Crippen LogP contribution in [0.3, 0.4) is 0 Å². The lowest BCUT2D eigenvalue weighted by Gasteiger charge is -2.29. The van der Waals surface area contributed by atoms with Crippen molar-refractivity contribution >= 4 is 23.2 Å². The van der Waals surface area contributed by atoms with Gasteiger partial charge in [0.05, 0.1) is 17.4 Å². The quantitative estimate of drug-likeness (QED) is 0.626. The largest absolute Gasteiger partial charge is 0.273 e. The van der Waals surface area contributed by atoms with Crippen LogP contribution in [0.2, 0.25) is 0 Å². The summed E-state index contributed by atoms with van der Waals surface area (Å²) in [6.45, 7) is 1.95. The van der Waals surface area contributed by atoms with E-state index in [4.69, 9.17) is 4.84 Å². The smallest absolute Gasteiger partial charge is 0.266 e. The Kier molecular flexibility index (Phi) is 4.33. The van der Waals surface area contributed by atoms with E-state index in [-0.39, 0.29) is 5.91 Å². The fourth-order valence-corrected chi connectivity index (χ4v) is 4.18. The number of hydroxylamine groups is 1. The Bertz CT molecular complexity index is 1120. The van der Waals surface area contributed by atoms with Crippen molar-refractivity contribution in [3.63, 3.8) is 0 Å². The predicted octanol–water partition coefficient (Wildman–Crippen LogP) is 3.58. The summed E-state index contributed by atoms with van der Waals surface area (Å²) >= 11 is 0. The number of aromatic nitrogens is 1. The molecule has 2 fully saturated rings. The molecule has 2 saturated heterocycles. The predicted molar refractivity (Wildman–Crippen MR) is 108 cm³/mol. The molecule has 3 aromatic rings. The van der Waals surface area contributed by atoms with Gasteiger partial charge in [-0.25, -0.2) is 14.4 Å². The van der Waals surface area contributed by atoms with Crippen LogP contribution in [0, 0.1) is 18.7 Å². The third-order valence-corrected chi connectivity index (χ3v) is 5.60. The second-order valence-electron chi connectivity index (χ2n) is 7.38. The van der Waals surface area contributed by atoms with Gasteiger partial charge in [0.15, 0.2) is 6.10 Å². The van der Waals surface area contributed by atoms with Crippen LogP contribution in [-0.4, -0.2) is 22.9 Å². The molecular weight excluding hydrogens is 385 g/mol. The summed E-state index contributed by atoms with van der Waals surface area (Å²) in [5, 5.41) is 1.66. The number of para-hydroxylation sites is 1. The van der Waals surface area contributed by atoms with Gasteiger partial charge in [0.25, 0.3) is 5.91 Å². The highest BCUT2D eigenvalue weighted by atomic mass is 19.1. The second kappa shape index (κ2) is 7.03. The van der Waals surface area contributed by atoms with E-state index in [0.717, 1.165) is 21.7 Å². The number of hydrogen-bond donors (Lipinski definition) is 0. The molecular formula is C23H18FN3O3. The molecule has 0 N–H and O–H groups in total. The summed E-state index contributed by atoms with van der Waals surface area (Å²) in [5.41, 5.74) is 2.91. The summed E-state index contributed by atoms with van der Waals surface area (Å²) < 4.78 is 13.3. The van der Waals surface area contributed by atoms with Gasteiger partial charge in [0.2, 0.25) is 5.91 Å². The van der Waals surface area contributed by atoms with Crippen molar-refractivity contribution in [2.24, 2.45) is 5.92 Å². The first kappa shape index (κ1) is 18.4. The Morgan fingerprint density at radius 2 is 1.63 bits per heavy atom. The van der Waals surface area contributed by atoms with Crippen LogP contribution < -0.4 is 9.96 Å². The number of hydrogen-bond acceptors (Lipinski definition) is 5. The molecule has 30 heavy (non-hydrogen) atoms.